The molecule has 3 aliphatic heterocycles. The van der Waals surface area contributed by atoms with Crippen molar-refractivity contribution in [2.75, 3.05) is 116 Å². The molecular formula is C63H81F4N11O10S. The number of H-pyrrole nitrogens is 1. The van der Waals surface area contributed by atoms with Crippen molar-refractivity contribution in [3.05, 3.63) is 123 Å². The second kappa shape index (κ2) is 30.6. The summed E-state index contributed by atoms with van der Waals surface area (Å²) in [6.07, 6.45) is -5.08. The third-order valence-corrected chi connectivity index (χ3v) is 17.3. The van der Waals surface area contributed by atoms with Crippen LogP contribution in [0.2, 0.25) is 0 Å². The first-order valence-corrected chi connectivity index (χ1v) is 30.7. The Morgan fingerprint density at radius 3 is 2.10 bits per heavy atom. The lowest BCUT2D eigenvalue weighted by atomic mass is 9.85. The first-order valence-electron chi connectivity index (χ1n) is 29.8. The van der Waals surface area contributed by atoms with Gasteiger partial charge in [0.1, 0.15) is 31.1 Å². The van der Waals surface area contributed by atoms with E-state index < -0.39 is 75.9 Å². The number of rotatable bonds is 25. The number of aryl methyl sites for hydroxylation is 1. The van der Waals surface area contributed by atoms with Crippen LogP contribution in [-0.2, 0) is 52.7 Å². The number of nitrogens with zero attached hydrogens (tertiary/aromatic N) is 6. The Labute approximate surface area is 519 Å². The number of nitrogens with one attached hydrogen (secondary N) is 5. The maximum Gasteiger partial charge on any atom is 0.417 e. The largest absolute Gasteiger partial charge is 0.417 e. The number of hydrogen-bond donors (Lipinski definition) is 6. The number of likely N-dealkylation sites (tertiary alicyclic amines) is 1. The summed E-state index contributed by atoms with van der Waals surface area (Å²) in [7, 11) is 2.01. The van der Waals surface area contributed by atoms with Gasteiger partial charge in [0, 0.05) is 108 Å². The van der Waals surface area contributed by atoms with Crippen LogP contribution in [0.5, 0.6) is 0 Å². The van der Waals surface area contributed by atoms with Crippen LogP contribution in [0.15, 0.2) is 83.2 Å². The van der Waals surface area contributed by atoms with Gasteiger partial charge in [-0.1, -0.05) is 57.2 Å². The minimum Gasteiger partial charge on any atom is -0.391 e. The Hall–Kier alpha value is -7.17. The number of carbonyl (C=O) groups is 5. The average Bonchev–Trinajstić information content (AvgIpc) is 1.64. The highest BCUT2D eigenvalue weighted by Gasteiger charge is 2.45. The van der Waals surface area contributed by atoms with Gasteiger partial charge in [0.05, 0.1) is 71.1 Å². The van der Waals surface area contributed by atoms with Gasteiger partial charge in [0.15, 0.2) is 0 Å². The molecule has 0 spiro atoms. The van der Waals surface area contributed by atoms with Crippen LogP contribution in [-0.4, -0.2) is 200 Å². The molecule has 0 unspecified atom stereocenters. The molecule has 5 heterocycles. The van der Waals surface area contributed by atoms with Crippen molar-refractivity contribution < 1.29 is 60.9 Å². The van der Waals surface area contributed by atoms with Crippen LogP contribution < -0.4 is 31.7 Å². The molecule has 0 bridgehead atoms. The highest BCUT2D eigenvalue weighted by Crippen LogP contribution is 2.37. The highest BCUT2D eigenvalue weighted by molar-refractivity contribution is 7.13. The first kappa shape index (κ1) is 67.8. The maximum absolute atomic E-state index is 15.7. The van der Waals surface area contributed by atoms with E-state index in [4.69, 9.17) is 14.2 Å². The van der Waals surface area contributed by atoms with Gasteiger partial charge in [-0.3, -0.25) is 43.5 Å². The van der Waals surface area contributed by atoms with Crippen molar-refractivity contribution in [2.24, 2.45) is 5.41 Å². The van der Waals surface area contributed by atoms with Gasteiger partial charge >= 0.3 is 6.18 Å². The quantitative estimate of drug-likeness (QED) is 0.0312. The molecule has 6 N–H and O–H groups in total. The molecule has 2 aromatic heterocycles. The standard InChI is InChI=1S/C63H81F4N11O10S/c1-39-32-77(33-40(2)74(39)7)52-15-13-45(27-51(52)72-59(83)48-31-69-54(80)29-49(48)63(65,66)67)47-26-43(10-14-50(47)64)34-76-20-18-75(19-21-76)17-16-68-55(81)36-87-24-22-86-23-25-88-37-56(82)73-58(62(4,5)6)61(85)78-35-46(79)28-53(78)60(84)70-30-42-8-11-44(12-9-42)57-41(3)71-38-89-57/h8-15,26-27,29,31,38-40,46,53,58,79H,16-25,28,30,32-37H2,1-7H3,(H,68,81)(H,69,80)(H,70,84)(H,72,83)(H,73,82)/t39-,40+,46-,53+,58-/m1/s1. The highest BCUT2D eigenvalue weighted by atomic mass is 32.1. The molecule has 482 valence electrons. The molecule has 0 saturated carbocycles. The van der Waals surface area contributed by atoms with Crippen molar-refractivity contribution in [3.63, 3.8) is 0 Å². The van der Waals surface area contributed by atoms with Crippen LogP contribution in [0.1, 0.15) is 73.8 Å². The summed E-state index contributed by atoms with van der Waals surface area (Å²) < 4.78 is 74.4. The lowest BCUT2D eigenvalue weighted by Gasteiger charge is -2.44. The van der Waals surface area contributed by atoms with E-state index >= 15 is 4.39 Å². The summed E-state index contributed by atoms with van der Waals surface area (Å²) in [4.78, 5) is 96.2. The second-order valence-corrected chi connectivity index (χ2v) is 24.9. The van der Waals surface area contributed by atoms with Crippen LogP contribution in [0.4, 0.5) is 28.9 Å². The lowest BCUT2D eigenvalue weighted by molar-refractivity contribution is -0.144. The number of ether oxygens (including phenoxy) is 3. The first-order chi connectivity index (χ1) is 42.3. The number of alkyl halides is 3. The molecule has 3 saturated heterocycles. The van der Waals surface area contributed by atoms with Gasteiger partial charge in [-0.25, -0.2) is 9.37 Å². The van der Waals surface area contributed by atoms with Crippen molar-refractivity contribution in [1.82, 2.24) is 45.5 Å². The predicted octanol–water partition coefficient (Wildman–Crippen LogP) is 5.51. The van der Waals surface area contributed by atoms with E-state index in [1.807, 2.05) is 43.1 Å². The fraction of sp³-hybridized carbons (Fsp3) is 0.508. The van der Waals surface area contributed by atoms with Gasteiger partial charge < -0.3 is 55.4 Å². The smallest absolute Gasteiger partial charge is 0.391 e. The van der Waals surface area contributed by atoms with E-state index in [1.54, 1.807) is 68.0 Å². The molecule has 0 aliphatic carbocycles. The second-order valence-electron chi connectivity index (χ2n) is 24.0. The number of piperazine rings is 2. The summed E-state index contributed by atoms with van der Waals surface area (Å²) in [5.41, 5.74) is 2.99. The molecule has 5 amide bonds. The molecule has 8 rings (SSSR count). The van der Waals surface area contributed by atoms with E-state index in [0.29, 0.717) is 63.1 Å². The Balaban J connectivity index is 0.709. The molecule has 3 fully saturated rings. The maximum atomic E-state index is 15.7. The Bertz CT molecular complexity index is 3310. The molecule has 0 radical (unpaired) electrons. The van der Waals surface area contributed by atoms with Gasteiger partial charge in [-0.15, -0.1) is 11.3 Å². The lowest BCUT2D eigenvalue weighted by Crippen LogP contribution is -2.58. The number of benzene rings is 3. The zero-order chi connectivity index (χ0) is 64.2. The average molecular weight is 1260 g/mol. The number of likely N-dealkylation sites (N-methyl/N-ethyl adjacent to an activating group) is 1. The fourth-order valence-electron chi connectivity index (χ4n) is 11.1. The molecule has 5 atom stereocenters. The zero-order valence-electron chi connectivity index (χ0n) is 51.3. The minimum absolute atomic E-state index is 0.0536. The topological polar surface area (TPSA) is 243 Å². The predicted molar refractivity (Wildman–Crippen MR) is 330 cm³/mol. The monoisotopic (exact) mass is 1260 g/mol. The minimum atomic E-state index is -4.98. The van der Waals surface area contributed by atoms with Crippen molar-refractivity contribution in [2.45, 2.75) is 97.5 Å². The fourth-order valence-corrected chi connectivity index (χ4v) is 12.0. The number of thiazole rings is 1. The SMILES string of the molecule is Cc1ncsc1-c1ccc(CNC(=O)[C@@H]2C[C@@H](O)CN2C(=O)[C@@H](NC(=O)COCCOCCOCC(=O)NCCN2CCN(Cc3ccc(F)c(-c4ccc(N5C[C@@H](C)N(C)[C@@H](C)C5)c(NC(=O)c5c[nH]c(=O)cc5C(F)(F)F)c4)c3)CC2)C(C)(C)C)cc1. The van der Waals surface area contributed by atoms with Crippen molar-refractivity contribution in [3.8, 4) is 21.6 Å². The Morgan fingerprint density at radius 2 is 1.45 bits per heavy atom. The molecule has 26 heteroatoms. The van der Waals surface area contributed by atoms with Crippen molar-refractivity contribution in [1.29, 1.82) is 0 Å². The number of anilines is 2. The Kier molecular flexibility index (Phi) is 23.3. The number of carbonyl (C=O) groups excluding carboxylic acids is 5. The molecule has 3 aromatic carbocycles. The zero-order valence-corrected chi connectivity index (χ0v) is 52.2. The molecule has 3 aliphatic rings. The number of aliphatic hydroxyl groups is 1. The normalized spacial score (nSPS) is 19.1. The van der Waals surface area contributed by atoms with Gasteiger partial charge in [0.2, 0.25) is 29.2 Å². The number of aliphatic hydroxyl groups excluding tert-OH is 1. The van der Waals surface area contributed by atoms with Gasteiger partial charge in [-0.2, -0.15) is 13.2 Å². The van der Waals surface area contributed by atoms with E-state index in [-0.39, 0.29) is 88.4 Å². The van der Waals surface area contributed by atoms with Crippen LogP contribution in [0.3, 0.4) is 0 Å². The molecule has 21 nitrogen and oxygen atoms in total. The number of aromatic nitrogens is 2. The third-order valence-electron chi connectivity index (χ3n) is 16.3. The van der Waals surface area contributed by atoms with E-state index in [1.165, 1.54) is 11.0 Å². The number of hydrogen-bond acceptors (Lipinski definition) is 16. The number of β-amino-alcohol motifs (C(OH)–C–C–N with tert-alkyl or cyclic N) is 1. The number of amides is 5. The summed E-state index contributed by atoms with van der Waals surface area (Å²) in [5, 5.41) is 21.8. The summed E-state index contributed by atoms with van der Waals surface area (Å²) in [6.45, 7) is 17.1. The molecular weight excluding hydrogens is 1180 g/mol. The number of pyridine rings is 1. The number of halogens is 4. The van der Waals surface area contributed by atoms with Crippen LogP contribution in [0.25, 0.3) is 21.6 Å². The van der Waals surface area contributed by atoms with Crippen LogP contribution in [0, 0.1) is 18.2 Å². The third kappa shape index (κ3) is 18.5. The van der Waals surface area contributed by atoms with Gasteiger partial charge in [-0.05, 0) is 79.8 Å². The molecule has 5 aromatic rings. The van der Waals surface area contributed by atoms with E-state index in [2.05, 4.69) is 59.8 Å². The summed E-state index contributed by atoms with van der Waals surface area (Å²) >= 11 is 1.55. The van der Waals surface area contributed by atoms with E-state index in [9.17, 15) is 47.0 Å². The molecule has 89 heavy (non-hydrogen) atoms. The summed E-state index contributed by atoms with van der Waals surface area (Å²) in [6, 6.07) is 16.3. The van der Waals surface area contributed by atoms with Gasteiger partial charge in [0.25, 0.3) is 5.91 Å². The van der Waals surface area contributed by atoms with Crippen molar-refractivity contribution >= 4 is 52.2 Å². The number of aromatic amines is 1. The summed E-state index contributed by atoms with van der Waals surface area (Å²) in [5.74, 6) is -3.31. The van der Waals surface area contributed by atoms with E-state index in [0.717, 1.165) is 46.5 Å². The van der Waals surface area contributed by atoms with Crippen LogP contribution >= 0.6 is 11.3 Å². The Morgan fingerprint density at radius 1 is 0.809 bits per heavy atom.